The number of carbonyl (C=O) groups excluding carboxylic acids is 1. The van der Waals surface area contributed by atoms with Crippen molar-refractivity contribution in [2.75, 3.05) is 30.4 Å². The van der Waals surface area contributed by atoms with Gasteiger partial charge < -0.3 is 19.9 Å². The van der Waals surface area contributed by atoms with Gasteiger partial charge in [-0.15, -0.1) is 0 Å². The van der Waals surface area contributed by atoms with Crippen LogP contribution < -0.4 is 15.4 Å². The van der Waals surface area contributed by atoms with Gasteiger partial charge in [-0.05, 0) is 48.5 Å². The van der Waals surface area contributed by atoms with Crippen molar-refractivity contribution in [3.63, 3.8) is 0 Å². The molecule has 212 valence electrons. The molecule has 0 radical (unpaired) electrons. The zero-order chi connectivity index (χ0) is 29.8. The topological polar surface area (TPSA) is 157 Å². The number of hydrogen-bond acceptors (Lipinski definition) is 9. The standard InChI is InChI=1S/C29H23FN6O5S/c1-32-28(37)24-19-12-18(16-11-20(26(31)34-14-16)29-35-27-22(41-29)5-4-10-33-27)21(36(2)42(3,38)39)13-23(19)40-25(24)15-6-8-17(30)9-7-15/h4-14H,1-3H3,(H2,31,34)(H,32,37). The number of nitrogen functional groups attached to an aromatic ring is 1. The molecule has 0 aliphatic rings. The molecule has 13 heteroatoms. The molecule has 6 aromatic rings. The third-order valence-electron chi connectivity index (χ3n) is 6.83. The van der Waals surface area contributed by atoms with Crippen LogP contribution in [0.15, 0.2) is 75.8 Å². The minimum absolute atomic E-state index is 0.136. The lowest BCUT2D eigenvalue weighted by molar-refractivity contribution is 0.0964. The fraction of sp³-hybridized carbons (Fsp3) is 0.103. The van der Waals surface area contributed by atoms with Gasteiger partial charge in [-0.1, -0.05) is 0 Å². The molecule has 0 aliphatic heterocycles. The molecule has 0 bridgehead atoms. The van der Waals surface area contributed by atoms with Crippen molar-refractivity contribution in [1.29, 1.82) is 0 Å². The normalized spacial score (nSPS) is 11.7. The first-order valence-electron chi connectivity index (χ1n) is 12.6. The van der Waals surface area contributed by atoms with Crippen molar-refractivity contribution in [3.8, 4) is 33.9 Å². The maximum Gasteiger partial charge on any atom is 0.255 e. The Morgan fingerprint density at radius 2 is 1.76 bits per heavy atom. The van der Waals surface area contributed by atoms with E-state index in [1.54, 1.807) is 30.5 Å². The second-order valence-corrected chi connectivity index (χ2v) is 11.5. The maximum atomic E-state index is 13.7. The summed E-state index contributed by atoms with van der Waals surface area (Å²) >= 11 is 0. The first-order chi connectivity index (χ1) is 20.0. The molecule has 6 rings (SSSR count). The molecule has 11 nitrogen and oxygen atoms in total. The second-order valence-electron chi connectivity index (χ2n) is 9.49. The van der Waals surface area contributed by atoms with Gasteiger partial charge in [-0.25, -0.2) is 22.8 Å². The average Bonchev–Trinajstić information content (AvgIpc) is 3.57. The van der Waals surface area contributed by atoms with Gasteiger partial charge in [0.1, 0.15) is 23.0 Å². The molecular weight excluding hydrogens is 563 g/mol. The molecule has 42 heavy (non-hydrogen) atoms. The first kappa shape index (κ1) is 26.9. The van der Waals surface area contributed by atoms with Gasteiger partial charge in [-0.2, -0.15) is 4.98 Å². The minimum atomic E-state index is -3.74. The fourth-order valence-corrected chi connectivity index (χ4v) is 5.14. The molecule has 0 unspecified atom stereocenters. The molecule has 0 atom stereocenters. The highest BCUT2D eigenvalue weighted by atomic mass is 32.2. The molecule has 3 N–H and O–H groups in total. The van der Waals surface area contributed by atoms with Crippen LogP contribution in [0.5, 0.6) is 0 Å². The van der Waals surface area contributed by atoms with E-state index >= 15 is 0 Å². The van der Waals surface area contributed by atoms with Crippen LogP contribution in [0.25, 0.3) is 56.1 Å². The smallest absolute Gasteiger partial charge is 0.255 e. The van der Waals surface area contributed by atoms with Crippen LogP contribution in [0.1, 0.15) is 10.4 Å². The number of oxazole rings is 1. The van der Waals surface area contributed by atoms with E-state index in [-0.39, 0.29) is 34.3 Å². The van der Waals surface area contributed by atoms with Gasteiger partial charge in [0.15, 0.2) is 11.2 Å². The van der Waals surface area contributed by atoms with E-state index in [2.05, 4.69) is 20.3 Å². The number of benzene rings is 2. The third kappa shape index (κ3) is 4.59. The van der Waals surface area contributed by atoms with E-state index in [0.29, 0.717) is 38.9 Å². The fourth-order valence-electron chi connectivity index (χ4n) is 4.64. The largest absolute Gasteiger partial charge is 0.455 e. The Kier molecular flexibility index (Phi) is 6.38. The third-order valence-corrected chi connectivity index (χ3v) is 8.02. The molecule has 0 saturated carbocycles. The Balaban J connectivity index is 1.63. The van der Waals surface area contributed by atoms with Gasteiger partial charge >= 0.3 is 0 Å². The van der Waals surface area contributed by atoms with E-state index in [9.17, 15) is 17.6 Å². The van der Waals surface area contributed by atoms with Crippen LogP contribution in [0, 0.1) is 5.82 Å². The van der Waals surface area contributed by atoms with Gasteiger partial charge in [0.2, 0.25) is 15.9 Å². The number of carbonyl (C=O) groups is 1. The van der Waals surface area contributed by atoms with Gasteiger partial charge in [0, 0.05) is 54.6 Å². The average molecular weight is 587 g/mol. The lowest BCUT2D eigenvalue weighted by atomic mass is 9.98. The zero-order valence-corrected chi connectivity index (χ0v) is 23.4. The number of furan rings is 1. The Morgan fingerprint density at radius 3 is 2.45 bits per heavy atom. The highest BCUT2D eigenvalue weighted by Crippen LogP contribution is 2.42. The van der Waals surface area contributed by atoms with Crippen molar-refractivity contribution in [2.45, 2.75) is 0 Å². The summed E-state index contributed by atoms with van der Waals surface area (Å²) < 4.78 is 52.1. The van der Waals surface area contributed by atoms with Crippen molar-refractivity contribution >= 4 is 49.6 Å². The van der Waals surface area contributed by atoms with Crippen molar-refractivity contribution in [1.82, 2.24) is 20.3 Å². The van der Waals surface area contributed by atoms with Crippen LogP contribution in [-0.2, 0) is 10.0 Å². The molecule has 2 aromatic carbocycles. The number of aromatic nitrogens is 3. The number of sulfonamides is 1. The number of nitrogens with two attached hydrogens (primary N) is 1. The SMILES string of the molecule is CNC(=O)c1c(-c2ccc(F)cc2)oc2cc(N(C)S(C)(=O)=O)c(-c3cnc(N)c(-c4nc5ncccc5o4)c3)cc12. The van der Waals surface area contributed by atoms with Crippen LogP contribution in [0.3, 0.4) is 0 Å². The molecule has 0 saturated heterocycles. The molecule has 4 aromatic heterocycles. The summed E-state index contributed by atoms with van der Waals surface area (Å²) in [7, 11) is -0.853. The van der Waals surface area contributed by atoms with Crippen LogP contribution >= 0.6 is 0 Å². The number of rotatable bonds is 6. The van der Waals surface area contributed by atoms with Crippen LogP contribution in [0.4, 0.5) is 15.9 Å². The first-order valence-corrected chi connectivity index (χ1v) is 14.4. The molecule has 0 fully saturated rings. The molecule has 0 spiro atoms. The summed E-state index contributed by atoms with van der Waals surface area (Å²) in [6, 6.07) is 13.8. The number of fused-ring (bicyclic) bond motifs is 2. The lowest BCUT2D eigenvalue weighted by Crippen LogP contribution is -2.25. The number of hydrogen-bond donors (Lipinski definition) is 2. The summed E-state index contributed by atoms with van der Waals surface area (Å²) in [5.41, 5.74) is 9.46. The van der Waals surface area contributed by atoms with Crippen molar-refractivity contribution in [2.24, 2.45) is 0 Å². The van der Waals surface area contributed by atoms with Crippen molar-refractivity contribution < 1.29 is 26.4 Å². The summed E-state index contributed by atoms with van der Waals surface area (Å²) in [6.45, 7) is 0. The Morgan fingerprint density at radius 1 is 1.00 bits per heavy atom. The van der Waals surface area contributed by atoms with Gasteiger partial charge in [-0.3, -0.25) is 9.10 Å². The van der Waals surface area contributed by atoms with Crippen LogP contribution in [-0.4, -0.2) is 49.6 Å². The predicted octanol–water partition coefficient (Wildman–Crippen LogP) is 4.84. The number of amides is 1. The number of halogens is 1. The molecule has 0 aliphatic carbocycles. The van der Waals surface area contributed by atoms with Gasteiger partial charge in [0.25, 0.3) is 5.91 Å². The number of pyridine rings is 2. The Bertz CT molecular complexity index is 2090. The Labute approximate surface area is 238 Å². The van der Waals surface area contributed by atoms with Gasteiger partial charge in [0.05, 0.1) is 23.1 Å². The summed E-state index contributed by atoms with van der Waals surface area (Å²) in [4.78, 5) is 26.1. The number of nitrogens with one attached hydrogen (secondary N) is 1. The van der Waals surface area contributed by atoms with E-state index in [1.165, 1.54) is 50.6 Å². The maximum absolute atomic E-state index is 13.7. The lowest BCUT2D eigenvalue weighted by Gasteiger charge is -2.21. The number of nitrogens with zero attached hydrogens (tertiary/aromatic N) is 4. The van der Waals surface area contributed by atoms with E-state index in [1.807, 2.05) is 0 Å². The highest BCUT2D eigenvalue weighted by molar-refractivity contribution is 7.92. The highest BCUT2D eigenvalue weighted by Gasteiger charge is 2.26. The summed E-state index contributed by atoms with van der Waals surface area (Å²) in [6.07, 6.45) is 4.15. The molecule has 1 amide bonds. The van der Waals surface area contributed by atoms with Crippen LogP contribution in [0.2, 0.25) is 0 Å². The molecular formula is C29H23FN6O5S. The number of anilines is 2. The second kappa shape index (κ2) is 9.96. The quantitative estimate of drug-likeness (QED) is 0.279. The van der Waals surface area contributed by atoms with E-state index < -0.39 is 21.7 Å². The van der Waals surface area contributed by atoms with E-state index in [4.69, 9.17) is 14.6 Å². The monoisotopic (exact) mass is 586 g/mol. The molecule has 4 heterocycles. The predicted molar refractivity (Wildman–Crippen MR) is 157 cm³/mol. The summed E-state index contributed by atoms with van der Waals surface area (Å²) in [5, 5.41) is 3.02. The van der Waals surface area contributed by atoms with E-state index in [0.717, 1.165) is 10.6 Å². The zero-order valence-electron chi connectivity index (χ0n) is 22.5. The summed E-state index contributed by atoms with van der Waals surface area (Å²) in [5.74, 6) is -0.375. The Hall–Kier alpha value is -5.30. The van der Waals surface area contributed by atoms with Crippen molar-refractivity contribution in [3.05, 3.63) is 78.4 Å². The minimum Gasteiger partial charge on any atom is -0.455 e.